The van der Waals surface area contributed by atoms with Crippen LogP contribution in [0.5, 0.6) is 0 Å². The number of amides is 1. The van der Waals surface area contributed by atoms with E-state index < -0.39 is 42.3 Å². The van der Waals surface area contributed by atoms with Gasteiger partial charge < -0.3 is 14.2 Å². The lowest BCUT2D eigenvalue weighted by atomic mass is 10.0. The zero-order valence-corrected chi connectivity index (χ0v) is 21.3. The fourth-order valence-electron chi connectivity index (χ4n) is 4.75. The molecule has 1 aromatic rings. The Bertz CT molecular complexity index is 910. The third-order valence-electron chi connectivity index (χ3n) is 6.35. The zero-order valence-electron chi connectivity index (χ0n) is 21.3. The highest BCUT2D eigenvalue weighted by Crippen LogP contribution is 2.25. The molecule has 0 aliphatic carbocycles. The van der Waals surface area contributed by atoms with Crippen molar-refractivity contribution >= 4 is 23.8 Å². The summed E-state index contributed by atoms with van der Waals surface area (Å²) in [4.78, 5) is 50.6. The van der Waals surface area contributed by atoms with E-state index in [1.165, 1.54) is 18.9 Å². The highest BCUT2D eigenvalue weighted by atomic mass is 16.7. The van der Waals surface area contributed by atoms with Gasteiger partial charge in [-0.1, -0.05) is 30.3 Å². The number of benzene rings is 1. The zero-order chi connectivity index (χ0) is 26.1. The van der Waals surface area contributed by atoms with Gasteiger partial charge in [0.05, 0.1) is 12.6 Å². The van der Waals surface area contributed by atoms with Crippen LogP contribution >= 0.6 is 0 Å². The van der Waals surface area contributed by atoms with Crippen LogP contribution in [0.4, 0.5) is 0 Å². The van der Waals surface area contributed by atoms with E-state index in [0.29, 0.717) is 38.8 Å². The quantitative estimate of drug-likeness (QED) is 0.378. The molecule has 10 heteroatoms. The molecule has 0 radical (unpaired) electrons. The number of hydrogen-bond donors (Lipinski definition) is 1. The minimum absolute atomic E-state index is 0.245. The third kappa shape index (κ3) is 7.51. The molecule has 1 aromatic carbocycles. The highest BCUT2D eigenvalue weighted by Gasteiger charge is 2.43. The molecule has 2 saturated heterocycles. The molecular formula is C26H37N3O7. The number of esters is 3. The normalized spacial score (nSPS) is 22.1. The summed E-state index contributed by atoms with van der Waals surface area (Å²) in [5.74, 6) is -1.85. The van der Waals surface area contributed by atoms with E-state index >= 15 is 0 Å². The molecule has 1 N–H and O–H groups in total. The molecule has 0 bridgehead atoms. The van der Waals surface area contributed by atoms with Crippen LogP contribution < -0.4 is 5.32 Å². The van der Waals surface area contributed by atoms with Crippen molar-refractivity contribution in [3.05, 3.63) is 35.9 Å². The standard InChI is InChI=1S/C26H37N3O7/c1-4-34-25(32)22(15-14-20-10-6-5-7-11-20)27-21-12-8-16-28-17-9-13-23(29(28)24(21)31)26(33)36-19(3)35-18(2)30/h5-7,10-11,19,21-23,27H,4,8-9,12-17H2,1-3H3/t19?,21-,22-,23-/m0/s1. The van der Waals surface area contributed by atoms with Crippen LogP contribution in [0.2, 0.25) is 0 Å². The molecule has 198 valence electrons. The molecular weight excluding hydrogens is 466 g/mol. The Labute approximate surface area is 212 Å². The summed E-state index contributed by atoms with van der Waals surface area (Å²) in [7, 11) is 0. The summed E-state index contributed by atoms with van der Waals surface area (Å²) in [5.41, 5.74) is 1.09. The molecule has 2 heterocycles. The minimum Gasteiger partial charge on any atom is -0.465 e. The van der Waals surface area contributed by atoms with Gasteiger partial charge in [0.1, 0.15) is 12.1 Å². The first kappa shape index (κ1) is 27.6. The summed E-state index contributed by atoms with van der Waals surface area (Å²) in [6.45, 7) is 5.96. The van der Waals surface area contributed by atoms with E-state index in [-0.39, 0.29) is 12.5 Å². The van der Waals surface area contributed by atoms with Gasteiger partial charge in [-0.2, -0.15) is 0 Å². The Hall–Kier alpha value is -2.98. The SMILES string of the molecule is CCOC(=O)[C@H](CCc1ccccc1)N[C@H]1CCCN2CCC[C@@H](C(=O)OC(C)OC(C)=O)N2C1=O. The van der Waals surface area contributed by atoms with Crippen LogP contribution in [-0.2, 0) is 39.8 Å². The number of fused-ring (bicyclic) bond motifs is 1. The Morgan fingerprint density at radius 2 is 1.78 bits per heavy atom. The first-order valence-electron chi connectivity index (χ1n) is 12.7. The van der Waals surface area contributed by atoms with Crippen LogP contribution in [0.25, 0.3) is 0 Å². The minimum atomic E-state index is -1.05. The Balaban J connectivity index is 1.73. The molecule has 2 fully saturated rings. The van der Waals surface area contributed by atoms with E-state index in [1.54, 1.807) is 6.92 Å². The molecule has 10 nitrogen and oxygen atoms in total. The molecule has 36 heavy (non-hydrogen) atoms. The van der Waals surface area contributed by atoms with Crippen molar-refractivity contribution in [1.82, 2.24) is 15.3 Å². The van der Waals surface area contributed by atoms with Crippen molar-refractivity contribution in [2.45, 2.75) is 83.7 Å². The second kappa shape index (κ2) is 13.4. The van der Waals surface area contributed by atoms with Crippen LogP contribution in [0.15, 0.2) is 30.3 Å². The summed E-state index contributed by atoms with van der Waals surface area (Å²) < 4.78 is 15.5. The number of hydrogen-bond acceptors (Lipinski definition) is 9. The maximum Gasteiger partial charge on any atom is 0.333 e. The van der Waals surface area contributed by atoms with Crippen molar-refractivity contribution in [1.29, 1.82) is 0 Å². The van der Waals surface area contributed by atoms with Crippen molar-refractivity contribution in [2.75, 3.05) is 19.7 Å². The van der Waals surface area contributed by atoms with Gasteiger partial charge in [0, 0.05) is 26.9 Å². The van der Waals surface area contributed by atoms with Crippen molar-refractivity contribution in [3.63, 3.8) is 0 Å². The number of carbonyl (C=O) groups excluding carboxylic acids is 4. The van der Waals surface area contributed by atoms with Crippen molar-refractivity contribution < 1.29 is 33.4 Å². The average Bonchev–Trinajstić information content (AvgIpc) is 3.00. The van der Waals surface area contributed by atoms with E-state index in [0.717, 1.165) is 18.4 Å². The van der Waals surface area contributed by atoms with Crippen molar-refractivity contribution in [3.8, 4) is 0 Å². The summed E-state index contributed by atoms with van der Waals surface area (Å²) >= 11 is 0. The molecule has 1 unspecified atom stereocenters. The molecule has 0 spiro atoms. The summed E-state index contributed by atoms with van der Waals surface area (Å²) in [6.07, 6.45) is 2.49. The largest absolute Gasteiger partial charge is 0.465 e. The number of rotatable bonds is 10. The highest BCUT2D eigenvalue weighted by molar-refractivity contribution is 5.88. The van der Waals surface area contributed by atoms with Gasteiger partial charge in [-0.25, -0.2) is 9.80 Å². The van der Waals surface area contributed by atoms with E-state index in [4.69, 9.17) is 14.2 Å². The van der Waals surface area contributed by atoms with Gasteiger partial charge in [0.25, 0.3) is 5.91 Å². The van der Waals surface area contributed by atoms with Gasteiger partial charge in [-0.05, 0) is 51.0 Å². The molecule has 4 atom stereocenters. The lowest BCUT2D eigenvalue weighted by Gasteiger charge is -2.43. The number of nitrogens with zero attached hydrogens (tertiary/aromatic N) is 2. The number of nitrogens with one attached hydrogen (secondary N) is 1. The molecule has 0 aromatic heterocycles. The predicted molar refractivity (Wildman–Crippen MR) is 130 cm³/mol. The van der Waals surface area contributed by atoms with Gasteiger partial charge >= 0.3 is 17.9 Å². The maximum absolute atomic E-state index is 13.7. The molecule has 2 aliphatic heterocycles. The van der Waals surface area contributed by atoms with Gasteiger partial charge in [-0.3, -0.25) is 24.7 Å². The maximum atomic E-state index is 13.7. The summed E-state index contributed by atoms with van der Waals surface area (Å²) in [6, 6.07) is 7.69. The second-order valence-electron chi connectivity index (χ2n) is 9.10. The monoisotopic (exact) mass is 503 g/mol. The van der Waals surface area contributed by atoms with Gasteiger partial charge in [-0.15, -0.1) is 0 Å². The van der Waals surface area contributed by atoms with Gasteiger partial charge in [0.2, 0.25) is 6.29 Å². The van der Waals surface area contributed by atoms with E-state index in [2.05, 4.69) is 5.32 Å². The van der Waals surface area contributed by atoms with Gasteiger partial charge in [0.15, 0.2) is 0 Å². The Morgan fingerprint density at radius 1 is 1.08 bits per heavy atom. The number of carbonyl (C=O) groups is 4. The third-order valence-corrected chi connectivity index (χ3v) is 6.35. The van der Waals surface area contributed by atoms with Crippen molar-refractivity contribution in [2.24, 2.45) is 0 Å². The average molecular weight is 504 g/mol. The number of ether oxygens (including phenoxy) is 3. The summed E-state index contributed by atoms with van der Waals surface area (Å²) in [5, 5.41) is 6.62. The van der Waals surface area contributed by atoms with Crippen LogP contribution in [0.3, 0.4) is 0 Å². The smallest absolute Gasteiger partial charge is 0.333 e. The fraction of sp³-hybridized carbons (Fsp3) is 0.615. The Kier molecular flexibility index (Phi) is 10.2. The first-order chi connectivity index (χ1) is 17.3. The van der Waals surface area contributed by atoms with Crippen LogP contribution in [0, 0.1) is 0 Å². The lowest BCUT2D eigenvalue weighted by molar-refractivity contribution is -0.198. The lowest BCUT2D eigenvalue weighted by Crippen LogP contribution is -2.62. The molecule has 1 amide bonds. The van der Waals surface area contributed by atoms with Crippen LogP contribution in [-0.4, -0.2) is 77.9 Å². The predicted octanol–water partition coefficient (Wildman–Crippen LogP) is 1.96. The fourth-order valence-corrected chi connectivity index (χ4v) is 4.75. The van der Waals surface area contributed by atoms with E-state index in [1.807, 2.05) is 35.3 Å². The Morgan fingerprint density at radius 3 is 2.44 bits per heavy atom. The number of aryl methyl sites for hydroxylation is 1. The number of hydrazine groups is 1. The van der Waals surface area contributed by atoms with Crippen LogP contribution in [0.1, 0.15) is 58.4 Å². The second-order valence-corrected chi connectivity index (χ2v) is 9.10. The molecule has 2 aliphatic rings. The molecule has 0 saturated carbocycles. The first-order valence-corrected chi connectivity index (χ1v) is 12.7. The molecule has 3 rings (SSSR count). The topological polar surface area (TPSA) is 114 Å². The van der Waals surface area contributed by atoms with E-state index in [9.17, 15) is 19.2 Å².